The molecule has 0 radical (unpaired) electrons. The highest BCUT2D eigenvalue weighted by Gasteiger charge is 2.31. The van der Waals surface area contributed by atoms with Gasteiger partial charge < -0.3 is 24.8 Å². The number of benzene rings is 3. The Morgan fingerprint density at radius 2 is 1.67 bits per heavy atom. The second kappa shape index (κ2) is 15.9. The van der Waals surface area contributed by atoms with Gasteiger partial charge >= 0.3 is 0 Å². The lowest BCUT2D eigenvalue weighted by Gasteiger charge is -2.17. The van der Waals surface area contributed by atoms with Crippen molar-refractivity contribution in [3.63, 3.8) is 0 Å². The fourth-order valence-corrected chi connectivity index (χ4v) is 5.49. The molecule has 258 valence electrons. The van der Waals surface area contributed by atoms with E-state index in [1.165, 1.54) is 30.7 Å². The maximum absolute atomic E-state index is 15.2. The van der Waals surface area contributed by atoms with Crippen LogP contribution in [-0.2, 0) is 28.6 Å². The summed E-state index contributed by atoms with van der Waals surface area (Å²) in [7, 11) is -2.78. The lowest BCUT2D eigenvalue weighted by Crippen LogP contribution is -2.31. The molecule has 3 aromatic carbocycles. The van der Waals surface area contributed by atoms with Gasteiger partial charge in [-0.25, -0.2) is 23.2 Å². The summed E-state index contributed by atoms with van der Waals surface area (Å²) in [5.41, 5.74) is 2.59. The van der Waals surface area contributed by atoms with Crippen LogP contribution in [0, 0.1) is 12.7 Å². The van der Waals surface area contributed by atoms with Gasteiger partial charge in [0.25, 0.3) is 16.0 Å². The lowest BCUT2D eigenvalue weighted by molar-refractivity contribution is -0.127. The van der Waals surface area contributed by atoms with Crippen LogP contribution in [0.15, 0.2) is 78.1 Å². The van der Waals surface area contributed by atoms with Gasteiger partial charge in [0, 0.05) is 30.6 Å². The van der Waals surface area contributed by atoms with Gasteiger partial charge in [0.2, 0.25) is 6.23 Å². The first-order chi connectivity index (χ1) is 23.5. The zero-order valence-corrected chi connectivity index (χ0v) is 28.1. The molecule has 0 bridgehead atoms. The van der Waals surface area contributed by atoms with E-state index in [2.05, 4.69) is 30.9 Å². The number of nitrogens with zero attached hydrogens (tertiary/aromatic N) is 5. The maximum atomic E-state index is 15.2. The minimum absolute atomic E-state index is 0.0291. The summed E-state index contributed by atoms with van der Waals surface area (Å²) in [6.07, 6.45) is 1.07. The van der Waals surface area contributed by atoms with Crippen molar-refractivity contribution in [1.29, 1.82) is 0 Å². The van der Waals surface area contributed by atoms with E-state index in [-0.39, 0.29) is 28.6 Å². The molecule has 1 amide bonds. The number of anilines is 3. The summed E-state index contributed by atoms with van der Waals surface area (Å²) in [4.78, 5) is 21.8. The quantitative estimate of drug-likeness (QED) is 0.104. The summed E-state index contributed by atoms with van der Waals surface area (Å²) < 4.78 is 63.9. The fourth-order valence-electron chi connectivity index (χ4n) is 4.49. The minimum Gasteiger partial charge on any atom is -0.491 e. The lowest BCUT2D eigenvalue weighted by atomic mass is 10.2. The van der Waals surface area contributed by atoms with Crippen molar-refractivity contribution in [3.05, 3.63) is 90.3 Å². The number of halogens is 1. The molecule has 5 aromatic rings. The number of fused-ring (bicyclic) bond motifs is 1. The van der Waals surface area contributed by atoms with Crippen LogP contribution in [0.5, 0.6) is 5.75 Å². The summed E-state index contributed by atoms with van der Waals surface area (Å²) in [6.45, 7) is 7.03. The molecule has 1 atom stereocenters. The van der Waals surface area contributed by atoms with Gasteiger partial charge in [-0.3, -0.25) is 4.79 Å². The molecule has 0 saturated carbocycles. The van der Waals surface area contributed by atoms with E-state index < -0.39 is 28.1 Å². The fraction of sp³-hybridized carbons (Fsp3) is 0.303. The molecule has 0 aliphatic heterocycles. The van der Waals surface area contributed by atoms with Crippen molar-refractivity contribution in [2.24, 2.45) is 0 Å². The third-order valence-electron chi connectivity index (χ3n) is 7.12. The van der Waals surface area contributed by atoms with E-state index in [1.54, 1.807) is 49.6 Å². The van der Waals surface area contributed by atoms with Crippen LogP contribution < -0.4 is 15.4 Å². The highest BCUT2D eigenvalue weighted by atomic mass is 32.2. The molecule has 0 aliphatic rings. The van der Waals surface area contributed by atoms with Gasteiger partial charge in [0.1, 0.15) is 30.3 Å². The summed E-state index contributed by atoms with van der Waals surface area (Å²) in [5, 5.41) is 13.9. The Morgan fingerprint density at radius 3 is 2.37 bits per heavy atom. The molecule has 49 heavy (non-hydrogen) atoms. The van der Waals surface area contributed by atoms with Crippen molar-refractivity contribution in [2.75, 3.05) is 44.2 Å². The first-order valence-electron chi connectivity index (χ1n) is 15.3. The third-order valence-corrected chi connectivity index (χ3v) is 8.40. The SMILES string of the molecule is COCCOCCOc1cc(F)c2c(Nc3ccc(NC(=O)C(OS(=O)(=O)c4ccc(C)cc4)n4cc(C(C)C)nn4)cc3)ncnc2c1. The standard InChI is InChI=1S/C33H36FN7O7S/c1-21(2)29-19-41(40-39-29)33(48-49(43,44)26-11-5-22(3)6-12-26)32(42)38-24-9-7-23(8-10-24)37-31-30-27(34)17-25(18-28(30)35-20-36-31)47-16-15-46-14-13-45-4/h5-12,17-21,33H,13-16H2,1-4H3,(H,38,42)(H,35,36,37). The Morgan fingerprint density at radius 1 is 0.959 bits per heavy atom. The molecule has 14 nitrogen and oxygen atoms in total. The van der Waals surface area contributed by atoms with E-state index in [4.69, 9.17) is 18.4 Å². The van der Waals surface area contributed by atoms with Gasteiger partial charge in [-0.05, 0) is 49.2 Å². The second-order valence-electron chi connectivity index (χ2n) is 11.2. The third kappa shape index (κ3) is 9.11. The number of hydrogen-bond acceptors (Lipinski definition) is 12. The predicted octanol–water partition coefficient (Wildman–Crippen LogP) is 5.12. The van der Waals surface area contributed by atoms with Gasteiger partial charge in [-0.2, -0.15) is 8.42 Å². The van der Waals surface area contributed by atoms with E-state index in [0.29, 0.717) is 48.2 Å². The van der Waals surface area contributed by atoms with Crippen LogP contribution in [0.25, 0.3) is 10.9 Å². The molecule has 0 spiro atoms. The first-order valence-corrected chi connectivity index (χ1v) is 16.7. The Kier molecular flexibility index (Phi) is 11.5. The van der Waals surface area contributed by atoms with Crippen LogP contribution in [0.2, 0.25) is 0 Å². The second-order valence-corrected chi connectivity index (χ2v) is 12.7. The Balaban J connectivity index is 1.29. The molecule has 1 unspecified atom stereocenters. The average Bonchev–Trinajstić information content (AvgIpc) is 3.57. The largest absolute Gasteiger partial charge is 0.491 e. The minimum atomic E-state index is -4.37. The van der Waals surface area contributed by atoms with E-state index >= 15 is 4.39 Å². The number of amides is 1. The van der Waals surface area contributed by atoms with Crippen LogP contribution >= 0.6 is 0 Å². The van der Waals surface area contributed by atoms with Crippen molar-refractivity contribution >= 4 is 44.1 Å². The zero-order chi connectivity index (χ0) is 35.0. The number of aromatic nitrogens is 5. The Labute approximate surface area is 282 Å². The molecule has 0 saturated heterocycles. The number of aryl methyl sites for hydroxylation is 1. The van der Waals surface area contributed by atoms with E-state index in [0.717, 1.165) is 10.2 Å². The number of ether oxygens (including phenoxy) is 3. The molecule has 5 rings (SSSR count). The van der Waals surface area contributed by atoms with Crippen LogP contribution in [0.1, 0.15) is 37.3 Å². The Bertz CT molecular complexity index is 1990. The highest BCUT2D eigenvalue weighted by Crippen LogP contribution is 2.30. The summed E-state index contributed by atoms with van der Waals surface area (Å²) in [6, 6.07) is 15.3. The molecule has 16 heteroatoms. The van der Waals surface area contributed by atoms with Crippen LogP contribution in [0.3, 0.4) is 0 Å². The number of carbonyl (C=O) groups excluding carboxylic acids is 1. The van der Waals surface area contributed by atoms with Gasteiger partial charge in [0.05, 0.1) is 47.5 Å². The molecular formula is C33H36FN7O7S. The monoisotopic (exact) mass is 693 g/mol. The summed E-state index contributed by atoms with van der Waals surface area (Å²) in [5.74, 6) is -0.903. The van der Waals surface area contributed by atoms with Crippen molar-refractivity contribution < 1.29 is 36.0 Å². The van der Waals surface area contributed by atoms with Gasteiger partial charge in [-0.1, -0.05) is 36.8 Å². The van der Waals surface area contributed by atoms with Crippen LogP contribution in [-0.4, -0.2) is 72.8 Å². The maximum Gasteiger partial charge on any atom is 0.299 e. The average molecular weight is 694 g/mol. The first kappa shape index (κ1) is 35.3. The van der Waals surface area contributed by atoms with Crippen molar-refractivity contribution in [2.45, 2.75) is 37.8 Å². The smallest absolute Gasteiger partial charge is 0.299 e. The highest BCUT2D eigenvalue weighted by molar-refractivity contribution is 7.86. The number of hydrogen-bond donors (Lipinski definition) is 2. The normalized spacial score (nSPS) is 12.3. The van der Waals surface area contributed by atoms with Crippen molar-refractivity contribution in [1.82, 2.24) is 25.0 Å². The topological polar surface area (TPSA) is 169 Å². The van der Waals surface area contributed by atoms with E-state index in [1.807, 2.05) is 20.8 Å². The molecule has 0 aliphatic carbocycles. The van der Waals surface area contributed by atoms with Gasteiger partial charge in [-0.15, -0.1) is 5.10 Å². The molecule has 2 aromatic heterocycles. The number of nitrogens with one attached hydrogen (secondary N) is 2. The molecule has 0 fully saturated rings. The number of rotatable bonds is 16. The van der Waals surface area contributed by atoms with Crippen LogP contribution in [0.4, 0.5) is 21.6 Å². The molecular weight excluding hydrogens is 657 g/mol. The number of carbonyl (C=O) groups is 1. The number of methoxy groups -OCH3 is 1. The van der Waals surface area contributed by atoms with Crippen molar-refractivity contribution in [3.8, 4) is 5.75 Å². The van der Waals surface area contributed by atoms with E-state index in [9.17, 15) is 13.2 Å². The van der Waals surface area contributed by atoms with Gasteiger partial charge in [0.15, 0.2) is 0 Å². The summed E-state index contributed by atoms with van der Waals surface area (Å²) >= 11 is 0. The molecule has 2 heterocycles. The zero-order valence-electron chi connectivity index (χ0n) is 27.3. The molecule has 2 N–H and O–H groups in total. The Hall–Kier alpha value is -5.03. The predicted molar refractivity (Wildman–Crippen MR) is 179 cm³/mol.